The van der Waals surface area contributed by atoms with Gasteiger partial charge in [-0.15, -0.1) is 6.58 Å². The molecule has 2 heteroatoms. The summed E-state index contributed by atoms with van der Waals surface area (Å²) in [5, 5.41) is 0. The third-order valence-electron chi connectivity index (χ3n) is 4.35. The van der Waals surface area contributed by atoms with Gasteiger partial charge in [0.05, 0.1) is 0 Å². The molecular weight excluding hydrogens is 190 g/mol. The number of rotatable bonds is 4. The molecule has 1 rings (SSSR count). The van der Waals surface area contributed by atoms with Crippen LogP contribution in [0.4, 0.5) is 0 Å². The normalized spacial score (nSPS) is 37.8. The second kappa shape index (κ2) is 3.57. The minimum atomic E-state index is -0.0438. The molecule has 2 atom stereocenters. The van der Waals surface area contributed by atoms with Crippen molar-refractivity contribution in [1.29, 1.82) is 0 Å². The quantitative estimate of drug-likeness (QED) is 0.726. The highest BCUT2D eigenvalue weighted by Crippen LogP contribution is 2.60. The van der Waals surface area contributed by atoms with E-state index in [0.29, 0.717) is 0 Å². The minimum Gasteiger partial charge on any atom is -0.323 e. The van der Waals surface area contributed by atoms with Gasteiger partial charge in [-0.2, -0.15) is 11.8 Å². The van der Waals surface area contributed by atoms with E-state index in [0.717, 1.165) is 18.6 Å². The largest absolute Gasteiger partial charge is 0.323 e. The zero-order chi connectivity index (χ0) is 11.0. The second-order valence-electron chi connectivity index (χ2n) is 4.81. The summed E-state index contributed by atoms with van der Waals surface area (Å²) in [4.78, 5) is 0. The first-order valence-corrected chi connectivity index (χ1v) is 6.44. The van der Waals surface area contributed by atoms with Crippen LogP contribution in [-0.4, -0.2) is 16.0 Å². The molecule has 0 saturated carbocycles. The lowest BCUT2D eigenvalue weighted by atomic mass is 9.63. The maximum atomic E-state index is 6.34. The van der Waals surface area contributed by atoms with Crippen LogP contribution in [0.3, 0.4) is 0 Å². The molecule has 14 heavy (non-hydrogen) atoms. The Kier molecular flexibility index (Phi) is 3.09. The smallest absolute Gasteiger partial charge is 0.0407 e. The summed E-state index contributed by atoms with van der Waals surface area (Å²) in [6.45, 7) is 13.0. The van der Waals surface area contributed by atoms with Gasteiger partial charge in [-0.25, -0.2) is 0 Å². The van der Waals surface area contributed by atoms with Crippen molar-refractivity contribution in [2.24, 2.45) is 11.1 Å². The molecule has 0 aliphatic carbocycles. The first kappa shape index (κ1) is 12.1. The summed E-state index contributed by atoms with van der Waals surface area (Å²) in [5.74, 6) is 1.07. The van der Waals surface area contributed by atoms with Crippen molar-refractivity contribution >= 4 is 11.8 Å². The van der Waals surface area contributed by atoms with Gasteiger partial charge in [-0.05, 0) is 26.7 Å². The molecule has 1 aliphatic heterocycles. The molecule has 0 spiro atoms. The third-order valence-corrected chi connectivity index (χ3v) is 6.55. The molecule has 1 fully saturated rings. The van der Waals surface area contributed by atoms with Crippen molar-refractivity contribution in [3.63, 3.8) is 0 Å². The van der Waals surface area contributed by atoms with Crippen LogP contribution in [0.2, 0.25) is 0 Å². The van der Waals surface area contributed by atoms with Crippen LogP contribution in [0.15, 0.2) is 12.7 Å². The molecule has 0 bridgehead atoms. The molecule has 1 nitrogen and oxygen atoms in total. The van der Waals surface area contributed by atoms with Crippen LogP contribution in [0.5, 0.6) is 0 Å². The maximum Gasteiger partial charge on any atom is 0.0407 e. The van der Waals surface area contributed by atoms with Crippen molar-refractivity contribution in [2.45, 2.75) is 50.8 Å². The average Bonchev–Trinajstić information content (AvgIpc) is 2.19. The van der Waals surface area contributed by atoms with Crippen molar-refractivity contribution < 1.29 is 0 Å². The van der Waals surface area contributed by atoms with E-state index in [-0.39, 0.29) is 15.7 Å². The molecule has 0 radical (unpaired) electrons. The summed E-state index contributed by atoms with van der Waals surface area (Å²) in [5.41, 5.74) is 6.49. The Morgan fingerprint density at radius 3 is 2.00 bits per heavy atom. The summed E-state index contributed by atoms with van der Waals surface area (Å²) >= 11 is 2.00. The van der Waals surface area contributed by atoms with Crippen molar-refractivity contribution in [3.8, 4) is 0 Å². The molecule has 2 unspecified atom stereocenters. The van der Waals surface area contributed by atoms with E-state index in [4.69, 9.17) is 5.73 Å². The summed E-state index contributed by atoms with van der Waals surface area (Å²) in [7, 11) is 0. The van der Waals surface area contributed by atoms with Crippen LogP contribution in [0.1, 0.15) is 40.5 Å². The maximum absolute atomic E-state index is 6.34. The van der Waals surface area contributed by atoms with E-state index in [1.165, 1.54) is 0 Å². The van der Waals surface area contributed by atoms with E-state index >= 15 is 0 Å². The van der Waals surface area contributed by atoms with E-state index in [1.807, 2.05) is 11.8 Å². The number of nitrogens with two attached hydrogens (primary N) is 1. The topological polar surface area (TPSA) is 26.0 Å². The first-order chi connectivity index (χ1) is 6.39. The van der Waals surface area contributed by atoms with Gasteiger partial charge >= 0.3 is 0 Å². The Hall–Kier alpha value is 0.0500. The van der Waals surface area contributed by atoms with E-state index in [1.54, 1.807) is 0 Å². The standard InChI is InChI=1S/C12H23NS/c1-6-12(7-2,8-3)11(5)10(4,13)9-14-11/h6H,1,7-9,13H2,2-5H3. The lowest BCUT2D eigenvalue weighted by Crippen LogP contribution is -2.71. The number of hydrogen-bond acceptors (Lipinski definition) is 2. The predicted octanol–water partition coefficient (Wildman–Crippen LogP) is 3.20. The fourth-order valence-corrected chi connectivity index (χ4v) is 4.33. The Morgan fingerprint density at radius 2 is 1.93 bits per heavy atom. The van der Waals surface area contributed by atoms with Crippen molar-refractivity contribution in [3.05, 3.63) is 12.7 Å². The molecule has 1 aliphatic rings. The van der Waals surface area contributed by atoms with E-state index < -0.39 is 0 Å². The van der Waals surface area contributed by atoms with Crippen LogP contribution in [-0.2, 0) is 0 Å². The van der Waals surface area contributed by atoms with Crippen LogP contribution < -0.4 is 5.73 Å². The van der Waals surface area contributed by atoms with Gasteiger partial charge in [0.25, 0.3) is 0 Å². The van der Waals surface area contributed by atoms with Crippen LogP contribution in [0, 0.1) is 5.41 Å². The molecule has 0 aromatic carbocycles. The molecule has 82 valence electrons. The summed E-state index contributed by atoms with van der Waals surface area (Å²) < 4.78 is 0.158. The Bertz CT molecular complexity index is 230. The monoisotopic (exact) mass is 213 g/mol. The minimum absolute atomic E-state index is 0.0438. The van der Waals surface area contributed by atoms with Gasteiger partial charge in [0.1, 0.15) is 0 Å². The molecular formula is C12H23NS. The van der Waals surface area contributed by atoms with Gasteiger partial charge in [-0.1, -0.05) is 19.9 Å². The van der Waals surface area contributed by atoms with Crippen molar-refractivity contribution in [1.82, 2.24) is 0 Å². The highest BCUT2D eigenvalue weighted by molar-refractivity contribution is 8.02. The SMILES string of the molecule is C=CC(CC)(CC)C1(C)SCC1(C)N. The van der Waals surface area contributed by atoms with Gasteiger partial charge in [0, 0.05) is 21.5 Å². The fraction of sp³-hybridized carbons (Fsp3) is 0.833. The van der Waals surface area contributed by atoms with Gasteiger partial charge in [0.15, 0.2) is 0 Å². The highest BCUT2D eigenvalue weighted by atomic mass is 32.2. The third kappa shape index (κ3) is 1.27. The van der Waals surface area contributed by atoms with Crippen molar-refractivity contribution in [2.75, 3.05) is 5.75 Å². The summed E-state index contributed by atoms with van der Waals surface area (Å²) in [6.07, 6.45) is 4.39. The van der Waals surface area contributed by atoms with Gasteiger partial charge < -0.3 is 5.73 Å². The Labute approximate surface area is 92.5 Å². The first-order valence-electron chi connectivity index (χ1n) is 5.45. The summed E-state index contributed by atoms with van der Waals surface area (Å²) in [6, 6.07) is 0. The number of hydrogen-bond donors (Lipinski definition) is 1. The van der Waals surface area contributed by atoms with E-state index in [9.17, 15) is 0 Å². The van der Waals surface area contributed by atoms with Gasteiger partial charge in [0.2, 0.25) is 0 Å². The second-order valence-corrected chi connectivity index (χ2v) is 6.20. The molecule has 0 amide bonds. The van der Waals surface area contributed by atoms with Gasteiger partial charge in [-0.3, -0.25) is 0 Å². The predicted molar refractivity (Wildman–Crippen MR) is 66.7 cm³/mol. The van der Waals surface area contributed by atoms with Crippen LogP contribution >= 0.6 is 11.8 Å². The Morgan fingerprint density at radius 1 is 1.43 bits per heavy atom. The molecule has 1 saturated heterocycles. The number of allylic oxidation sites excluding steroid dienone is 1. The lowest BCUT2D eigenvalue weighted by Gasteiger charge is -2.62. The zero-order valence-electron chi connectivity index (χ0n) is 9.89. The lowest BCUT2D eigenvalue weighted by molar-refractivity contribution is 0.168. The molecule has 2 N–H and O–H groups in total. The zero-order valence-corrected chi connectivity index (χ0v) is 10.7. The molecule has 0 aromatic heterocycles. The average molecular weight is 213 g/mol. The Balaban J connectivity index is 3.05. The molecule has 0 aromatic rings. The number of thioether (sulfide) groups is 1. The highest BCUT2D eigenvalue weighted by Gasteiger charge is 2.60. The van der Waals surface area contributed by atoms with E-state index in [2.05, 4.69) is 40.3 Å². The van der Waals surface area contributed by atoms with Crippen LogP contribution in [0.25, 0.3) is 0 Å². The fourth-order valence-electron chi connectivity index (χ4n) is 2.64. The molecule has 1 heterocycles.